The van der Waals surface area contributed by atoms with Gasteiger partial charge in [0.05, 0.1) is 11.4 Å². The summed E-state index contributed by atoms with van der Waals surface area (Å²) in [5.74, 6) is 0.164. The Kier molecular flexibility index (Phi) is 9.83. The first kappa shape index (κ1) is 26.8. The number of benzene rings is 1. The molecule has 0 spiro atoms. The SMILES string of the molecule is C=CC1c2nc(C(C)C)c(/C=C/C)c(-c3ccc(F)cc3)c2CCCC1(C)C=C.CCCC. The van der Waals surface area contributed by atoms with Gasteiger partial charge < -0.3 is 0 Å². The van der Waals surface area contributed by atoms with Crippen LogP contribution in [0.5, 0.6) is 0 Å². The Balaban J connectivity index is 0.000000890. The van der Waals surface area contributed by atoms with E-state index in [0.29, 0.717) is 0 Å². The van der Waals surface area contributed by atoms with Crippen LogP contribution in [0.4, 0.5) is 4.39 Å². The number of halogens is 1. The summed E-state index contributed by atoms with van der Waals surface area (Å²) in [4.78, 5) is 5.25. The molecular formula is C31H42FN. The second-order valence-electron chi connectivity index (χ2n) is 9.59. The molecule has 1 aliphatic rings. The normalized spacial score (nSPS) is 20.1. The molecule has 1 aliphatic carbocycles. The summed E-state index contributed by atoms with van der Waals surface area (Å²) in [6, 6.07) is 6.88. The first-order valence-electron chi connectivity index (χ1n) is 12.5. The van der Waals surface area contributed by atoms with Gasteiger partial charge in [-0.15, -0.1) is 13.2 Å². The summed E-state index contributed by atoms with van der Waals surface area (Å²) < 4.78 is 13.7. The number of aromatic nitrogens is 1. The van der Waals surface area contributed by atoms with Crippen LogP contribution in [-0.2, 0) is 6.42 Å². The van der Waals surface area contributed by atoms with Gasteiger partial charge in [0.2, 0.25) is 0 Å². The van der Waals surface area contributed by atoms with Crippen molar-refractivity contribution in [2.75, 3.05) is 0 Å². The lowest BCUT2D eigenvalue weighted by Gasteiger charge is -2.33. The average molecular weight is 448 g/mol. The van der Waals surface area contributed by atoms with Gasteiger partial charge in [-0.1, -0.05) is 83.9 Å². The van der Waals surface area contributed by atoms with E-state index >= 15 is 0 Å². The molecule has 1 nitrogen and oxygen atoms in total. The number of pyridine rings is 1. The van der Waals surface area contributed by atoms with E-state index in [0.717, 1.165) is 41.8 Å². The van der Waals surface area contributed by atoms with Crippen LogP contribution < -0.4 is 0 Å². The molecule has 0 amide bonds. The molecule has 0 bridgehead atoms. The summed E-state index contributed by atoms with van der Waals surface area (Å²) in [5.41, 5.74) is 6.78. The minimum Gasteiger partial charge on any atom is -0.256 e. The van der Waals surface area contributed by atoms with Crippen LogP contribution in [0, 0.1) is 11.2 Å². The van der Waals surface area contributed by atoms with Crippen molar-refractivity contribution in [3.63, 3.8) is 0 Å². The second kappa shape index (κ2) is 12.1. The second-order valence-corrected chi connectivity index (χ2v) is 9.59. The molecule has 178 valence electrons. The van der Waals surface area contributed by atoms with E-state index in [2.05, 4.69) is 66.0 Å². The van der Waals surface area contributed by atoms with E-state index in [9.17, 15) is 4.39 Å². The fraction of sp³-hybridized carbons (Fsp3) is 0.452. The quantitative estimate of drug-likeness (QED) is 0.317. The van der Waals surface area contributed by atoms with Crippen molar-refractivity contribution >= 4 is 6.08 Å². The summed E-state index contributed by atoms with van der Waals surface area (Å²) in [6.45, 7) is 21.3. The Labute approximate surface area is 201 Å². The number of nitrogens with zero attached hydrogens (tertiary/aromatic N) is 1. The van der Waals surface area contributed by atoms with Crippen LogP contribution in [0.2, 0.25) is 0 Å². The largest absolute Gasteiger partial charge is 0.256 e. The fourth-order valence-corrected chi connectivity index (χ4v) is 4.63. The Bertz CT molecular complexity index is 965. The zero-order valence-corrected chi connectivity index (χ0v) is 21.5. The molecule has 0 saturated heterocycles. The zero-order chi connectivity index (χ0) is 24.6. The molecule has 33 heavy (non-hydrogen) atoms. The molecule has 2 heteroatoms. The predicted octanol–water partition coefficient (Wildman–Crippen LogP) is 9.65. The Morgan fingerprint density at radius 1 is 1.15 bits per heavy atom. The third kappa shape index (κ3) is 5.91. The molecule has 0 saturated carbocycles. The van der Waals surface area contributed by atoms with Crippen LogP contribution in [-0.4, -0.2) is 4.98 Å². The Morgan fingerprint density at radius 3 is 2.27 bits per heavy atom. The van der Waals surface area contributed by atoms with E-state index in [4.69, 9.17) is 4.98 Å². The van der Waals surface area contributed by atoms with E-state index in [1.54, 1.807) is 12.1 Å². The zero-order valence-electron chi connectivity index (χ0n) is 21.5. The number of unbranched alkanes of at least 4 members (excludes halogenated alkanes) is 1. The highest BCUT2D eigenvalue weighted by molar-refractivity contribution is 5.80. The molecular weight excluding hydrogens is 405 g/mol. The van der Waals surface area contributed by atoms with Gasteiger partial charge in [0.1, 0.15) is 5.82 Å². The van der Waals surface area contributed by atoms with Crippen molar-refractivity contribution in [2.45, 2.75) is 85.5 Å². The Morgan fingerprint density at radius 2 is 1.79 bits per heavy atom. The molecule has 1 aromatic heterocycles. The molecule has 2 atom stereocenters. The minimum absolute atomic E-state index is 0.0730. The molecule has 2 aromatic rings. The van der Waals surface area contributed by atoms with Crippen molar-refractivity contribution in [2.24, 2.45) is 5.41 Å². The van der Waals surface area contributed by atoms with Gasteiger partial charge >= 0.3 is 0 Å². The van der Waals surface area contributed by atoms with Crippen molar-refractivity contribution in [3.8, 4) is 11.1 Å². The van der Waals surface area contributed by atoms with Crippen molar-refractivity contribution in [1.82, 2.24) is 4.98 Å². The number of hydrogen-bond donors (Lipinski definition) is 0. The average Bonchev–Trinajstić information content (AvgIpc) is 2.95. The molecule has 0 aliphatic heterocycles. The third-order valence-electron chi connectivity index (χ3n) is 6.76. The third-order valence-corrected chi connectivity index (χ3v) is 6.76. The standard InChI is InChI=1S/C27H32FN.C4H10/c1-7-11-21-24(19-13-15-20(28)16-14-19)22-12-10-17-27(6,9-3)23(8-2)26(22)29-25(21)18(4)5;1-3-4-2/h7-9,11,13-16,18,23H,2-3,10,12,17H2,1,4-6H3;3-4H2,1-2H3/b11-7+;. The summed E-state index contributed by atoms with van der Waals surface area (Å²) in [5, 5.41) is 0. The fourth-order valence-electron chi connectivity index (χ4n) is 4.63. The molecule has 0 fully saturated rings. The number of allylic oxidation sites excluding steroid dienone is 3. The van der Waals surface area contributed by atoms with E-state index in [1.807, 2.05) is 25.1 Å². The van der Waals surface area contributed by atoms with Gasteiger partial charge in [0, 0.05) is 11.5 Å². The van der Waals surface area contributed by atoms with E-state index in [1.165, 1.54) is 24.0 Å². The molecule has 0 radical (unpaired) electrons. The maximum Gasteiger partial charge on any atom is 0.123 e. The Hall–Kier alpha value is -2.48. The first-order chi connectivity index (χ1) is 15.8. The topological polar surface area (TPSA) is 12.9 Å². The predicted molar refractivity (Wildman–Crippen MR) is 143 cm³/mol. The highest BCUT2D eigenvalue weighted by Crippen LogP contribution is 2.48. The van der Waals surface area contributed by atoms with Crippen molar-refractivity contribution < 1.29 is 4.39 Å². The lowest BCUT2D eigenvalue weighted by Crippen LogP contribution is -2.23. The number of hydrogen-bond acceptors (Lipinski definition) is 1. The maximum atomic E-state index is 13.7. The van der Waals surface area contributed by atoms with Gasteiger partial charge in [-0.25, -0.2) is 4.39 Å². The first-order valence-corrected chi connectivity index (χ1v) is 12.5. The summed E-state index contributed by atoms with van der Waals surface area (Å²) >= 11 is 0. The lowest BCUT2D eigenvalue weighted by molar-refractivity contribution is 0.348. The van der Waals surface area contributed by atoms with Crippen LogP contribution in [0.1, 0.15) is 102 Å². The van der Waals surface area contributed by atoms with Gasteiger partial charge in [-0.2, -0.15) is 0 Å². The number of fused-ring (bicyclic) bond motifs is 1. The highest BCUT2D eigenvalue weighted by atomic mass is 19.1. The van der Waals surface area contributed by atoms with Crippen LogP contribution in [0.15, 0.2) is 55.7 Å². The van der Waals surface area contributed by atoms with Gasteiger partial charge in [-0.05, 0) is 66.3 Å². The van der Waals surface area contributed by atoms with E-state index < -0.39 is 0 Å². The highest BCUT2D eigenvalue weighted by Gasteiger charge is 2.37. The monoisotopic (exact) mass is 447 g/mol. The van der Waals surface area contributed by atoms with E-state index in [-0.39, 0.29) is 23.1 Å². The summed E-state index contributed by atoms with van der Waals surface area (Å²) in [6.07, 6.45) is 14.0. The molecule has 3 rings (SSSR count). The van der Waals surface area contributed by atoms with Gasteiger partial charge in [0.25, 0.3) is 0 Å². The molecule has 1 heterocycles. The molecule has 1 aromatic carbocycles. The molecule has 2 unspecified atom stereocenters. The van der Waals surface area contributed by atoms with Gasteiger partial charge in [0.15, 0.2) is 0 Å². The lowest BCUT2D eigenvalue weighted by atomic mass is 9.72. The molecule has 0 N–H and O–H groups in total. The number of rotatable bonds is 6. The minimum atomic E-state index is -0.214. The van der Waals surface area contributed by atoms with Crippen molar-refractivity contribution in [1.29, 1.82) is 0 Å². The smallest absolute Gasteiger partial charge is 0.123 e. The summed E-state index contributed by atoms with van der Waals surface area (Å²) in [7, 11) is 0. The van der Waals surface area contributed by atoms with Crippen molar-refractivity contribution in [3.05, 3.63) is 84.0 Å². The van der Waals surface area contributed by atoms with Crippen LogP contribution in [0.3, 0.4) is 0 Å². The van der Waals surface area contributed by atoms with Crippen LogP contribution in [0.25, 0.3) is 17.2 Å². The van der Waals surface area contributed by atoms with Crippen LogP contribution >= 0.6 is 0 Å². The van der Waals surface area contributed by atoms with Gasteiger partial charge in [-0.3, -0.25) is 4.98 Å². The maximum absolute atomic E-state index is 13.7.